The average Bonchev–Trinajstić information content (AvgIpc) is 2.91. The second kappa shape index (κ2) is 5.51. The Hall–Kier alpha value is -2.07. The molecule has 0 aliphatic carbocycles. The van der Waals surface area contributed by atoms with Gasteiger partial charge in [-0.05, 0) is 35.7 Å². The maximum atomic E-state index is 12.1. The minimum atomic E-state index is -0.544. The van der Waals surface area contributed by atoms with Crippen LogP contribution in [0, 0.1) is 5.41 Å². The first kappa shape index (κ1) is 14.3. The third-order valence-electron chi connectivity index (χ3n) is 3.23. The smallest absolute Gasteiger partial charge is 0.241 e. The second-order valence-corrected chi connectivity index (χ2v) is 5.97. The monoisotopic (exact) mass is 271 g/mol. The largest absolute Gasteiger partial charge is 0.325 e. The molecule has 1 amide bonds. The van der Waals surface area contributed by atoms with Crippen LogP contribution in [-0.2, 0) is 4.79 Å². The number of nitrogens with two attached hydrogens (primary N) is 1. The number of nitrogens with one attached hydrogen (secondary N) is 1. The van der Waals surface area contributed by atoms with Crippen molar-refractivity contribution >= 4 is 11.6 Å². The highest BCUT2D eigenvalue weighted by molar-refractivity contribution is 5.95. The zero-order chi connectivity index (χ0) is 14.8. The predicted octanol–water partition coefficient (Wildman–Crippen LogP) is 2.79. The van der Waals surface area contributed by atoms with Crippen molar-refractivity contribution < 1.29 is 4.79 Å². The molecule has 3 N–H and O–H groups in total. The predicted molar refractivity (Wildman–Crippen MR) is 81.8 cm³/mol. The van der Waals surface area contributed by atoms with Crippen LogP contribution < -0.4 is 11.1 Å². The molecule has 20 heavy (non-hydrogen) atoms. The van der Waals surface area contributed by atoms with Gasteiger partial charge < -0.3 is 15.6 Å². The number of rotatable bonds is 3. The van der Waals surface area contributed by atoms with Crippen LogP contribution in [0.3, 0.4) is 0 Å². The van der Waals surface area contributed by atoms with Crippen molar-refractivity contribution in [1.82, 2.24) is 4.57 Å². The number of carbonyl (C=O) groups is 1. The number of nitrogens with zero attached hydrogens (tertiary/aromatic N) is 1. The highest BCUT2D eigenvalue weighted by Gasteiger charge is 2.27. The standard InChI is InChI=1S/C16H21N3O/c1-16(2,3)14(17)15(20)18-12-7-6-8-13(11-12)19-9-4-5-10-19/h4-11,14H,17H2,1-3H3,(H,18,20)/t14-/m1/s1. The number of benzene rings is 1. The molecular formula is C16H21N3O. The molecule has 0 fully saturated rings. The van der Waals surface area contributed by atoms with E-state index in [2.05, 4.69) is 5.32 Å². The van der Waals surface area contributed by atoms with E-state index in [1.165, 1.54) is 0 Å². The molecule has 2 aromatic rings. The first-order valence-corrected chi connectivity index (χ1v) is 6.68. The summed E-state index contributed by atoms with van der Waals surface area (Å²) < 4.78 is 1.99. The molecule has 0 saturated heterocycles. The summed E-state index contributed by atoms with van der Waals surface area (Å²) in [5, 5.41) is 2.87. The fraction of sp³-hybridized carbons (Fsp3) is 0.312. The molecule has 0 bridgehead atoms. The lowest BCUT2D eigenvalue weighted by Gasteiger charge is -2.25. The van der Waals surface area contributed by atoms with Crippen LogP contribution in [-0.4, -0.2) is 16.5 Å². The molecule has 0 spiro atoms. The normalized spacial score (nSPS) is 13.0. The highest BCUT2D eigenvalue weighted by atomic mass is 16.2. The maximum absolute atomic E-state index is 12.1. The Balaban J connectivity index is 2.15. The van der Waals surface area contributed by atoms with E-state index in [1.54, 1.807) is 0 Å². The summed E-state index contributed by atoms with van der Waals surface area (Å²) in [5.74, 6) is -0.165. The fourth-order valence-corrected chi connectivity index (χ4v) is 1.86. The van der Waals surface area contributed by atoms with E-state index in [-0.39, 0.29) is 11.3 Å². The van der Waals surface area contributed by atoms with Crippen molar-refractivity contribution in [2.45, 2.75) is 26.8 Å². The molecular weight excluding hydrogens is 250 g/mol. The minimum absolute atomic E-state index is 0.165. The SMILES string of the molecule is CC(C)(C)[C@H](N)C(=O)Nc1cccc(-n2cccc2)c1. The summed E-state index contributed by atoms with van der Waals surface area (Å²) in [5.41, 5.74) is 7.44. The molecule has 106 valence electrons. The maximum Gasteiger partial charge on any atom is 0.241 e. The van der Waals surface area contributed by atoms with Gasteiger partial charge in [0, 0.05) is 23.8 Å². The molecule has 1 aromatic heterocycles. The van der Waals surface area contributed by atoms with Crippen LogP contribution in [0.25, 0.3) is 5.69 Å². The summed E-state index contributed by atoms with van der Waals surface area (Å²) in [4.78, 5) is 12.1. The first-order valence-electron chi connectivity index (χ1n) is 6.68. The summed E-state index contributed by atoms with van der Waals surface area (Å²) in [6, 6.07) is 11.1. The summed E-state index contributed by atoms with van der Waals surface area (Å²) in [7, 11) is 0. The van der Waals surface area contributed by atoms with Gasteiger partial charge >= 0.3 is 0 Å². The number of hydrogen-bond donors (Lipinski definition) is 2. The van der Waals surface area contributed by atoms with E-state index in [0.29, 0.717) is 0 Å². The number of anilines is 1. The molecule has 0 aliphatic rings. The topological polar surface area (TPSA) is 60.1 Å². The van der Waals surface area contributed by atoms with Crippen molar-refractivity contribution in [2.24, 2.45) is 11.1 Å². The molecule has 0 saturated carbocycles. The van der Waals surface area contributed by atoms with Crippen LogP contribution in [0.1, 0.15) is 20.8 Å². The zero-order valence-electron chi connectivity index (χ0n) is 12.1. The summed E-state index contributed by atoms with van der Waals surface area (Å²) in [6.07, 6.45) is 3.92. The number of amides is 1. The zero-order valence-corrected chi connectivity index (χ0v) is 12.1. The Labute approximate surface area is 119 Å². The number of aromatic nitrogens is 1. The lowest BCUT2D eigenvalue weighted by molar-refractivity contribution is -0.119. The van der Waals surface area contributed by atoms with Crippen molar-refractivity contribution in [2.75, 3.05) is 5.32 Å². The molecule has 4 nitrogen and oxygen atoms in total. The van der Waals surface area contributed by atoms with Gasteiger partial charge in [0.15, 0.2) is 0 Å². The number of hydrogen-bond acceptors (Lipinski definition) is 2. The van der Waals surface area contributed by atoms with Crippen LogP contribution in [0.4, 0.5) is 5.69 Å². The minimum Gasteiger partial charge on any atom is -0.325 e. The Morgan fingerprint density at radius 3 is 2.45 bits per heavy atom. The van der Waals surface area contributed by atoms with Gasteiger partial charge in [-0.2, -0.15) is 0 Å². The molecule has 1 atom stereocenters. The molecule has 0 unspecified atom stereocenters. The Morgan fingerprint density at radius 2 is 1.85 bits per heavy atom. The van der Waals surface area contributed by atoms with Gasteiger partial charge in [-0.3, -0.25) is 4.79 Å². The van der Waals surface area contributed by atoms with Crippen LogP contribution in [0.5, 0.6) is 0 Å². The van der Waals surface area contributed by atoms with Gasteiger partial charge in [0.05, 0.1) is 6.04 Å². The van der Waals surface area contributed by atoms with E-state index in [4.69, 9.17) is 5.73 Å². The summed E-state index contributed by atoms with van der Waals surface area (Å²) >= 11 is 0. The van der Waals surface area contributed by atoms with E-state index >= 15 is 0 Å². The van der Waals surface area contributed by atoms with Crippen LogP contribution in [0.2, 0.25) is 0 Å². The quantitative estimate of drug-likeness (QED) is 0.901. The van der Waals surface area contributed by atoms with Gasteiger partial charge in [0.1, 0.15) is 0 Å². The molecule has 1 aromatic carbocycles. The van der Waals surface area contributed by atoms with Crippen LogP contribution >= 0.6 is 0 Å². The molecule has 1 heterocycles. The van der Waals surface area contributed by atoms with Gasteiger partial charge in [-0.15, -0.1) is 0 Å². The molecule has 0 radical (unpaired) electrons. The van der Waals surface area contributed by atoms with Crippen molar-refractivity contribution in [1.29, 1.82) is 0 Å². The molecule has 2 rings (SSSR count). The van der Waals surface area contributed by atoms with E-state index < -0.39 is 6.04 Å². The van der Waals surface area contributed by atoms with Gasteiger partial charge in [0.2, 0.25) is 5.91 Å². The lowest BCUT2D eigenvalue weighted by Crippen LogP contribution is -2.45. The first-order chi connectivity index (χ1) is 9.38. The van der Waals surface area contributed by atoms with Crippen molar-refractivity contribution in [3.63, 3.8) is 0 Å². The third kappa shape index (κ3) is 3.27. The van der Waals surface area contributed by atoms with Gasteiger partial charge in [-0.25, -0.2) is 0 Å². The Morgan fingerprint density at radius 1 is 1.20 bits per heavy atom. The van der Waals surface area contributed by atoms with Gasteiger partial charge in [-0.1, -0.05) is 26.8 Å². The summed E-state index contributed by atoms with van der Waals surface area (Å²) in [6.45, 7) is 5.86. The highest BCUT2D eigenvalue weighted by Crippen LogP contribution is 2.20. The number of carbonyl (C=O) groups excluding carboxylic acids is 1. The molecule has 4 heteroatoms. The van der Waals surface area contributed by atoms with E-state index in [9.17, 15) is 4.79 Å². The third-order valence-corrected chi connectivity index (χ3v) is 3.23. The fourth-order valence-electron chi connectivity index (χ4n) is 1.86. The van der Waals surface area contributed by atoms with Crippen LogP contribution in [0.15, 0.2) is 48.8 Å². The average molecular weight is 271 g/mol. The van der Waals surface area contributed by atoms with Gasteiger partial charge in [0.25, 0.3) is 0 Å². The second-order valence-electron chi connectivity index (χ2n) is 5.97. The van der Waals surface area contributed by atoms with E-state index in [1.807, 2.05) is 74.1 Å². The lowest BCUT2D eigenvalue weighted by atomic mass is 9.87. The van der Waals surface area contributed by atoms with Crippen molar-refractivity contribution in [3.05, 3.63) is 48.8 Å². The molecule has 0 aliphatic heterocycles. The Bertz CT molecular complexity index is 582. The Kier molecular flexibility index (Phi) is 3.95. The van der Waals surface area contributed by atoms with E-state index in [0.717, 1.165) is 11.4 Å². The van der Waals surface area contributed by atoms with Crippen molar-refractivity contribution in [3.8, 4) is 5.69 Å².